The zero-order valence-corrected chi connectivity index (χ0v) is 17.1. The smallest absolute Gasteiger partial charge is 0.305 e. The van der Waals surface area contributed by atoms with Crippen LogP contribution in [-0.4, -0.2) is 32.3 Å². The van der Waals surface area contributed by atoms with E-state index in [-0.39, 0.29) is 11.4 Å². The summed E-state index contributed by atoms with van der Waals surface area (Å²) in [6, 6.07) is 8.06. The van der Waals surface area contributed by atoms with E-state index in [4.69, 9.17) is 9.26 Å². The predicted octanol–water partition coefficient (Wildman–Crippen LogP) is 3.98. The van der Waals surface area contributed by atoms with Crippen LogP contribution in [0.15, 0.2) is 28.8 Å². The van der Waals surface area contributed by atoms with Crippen molar-refractivity contribution in [2.45, 2.75) is 65.3 Å². The fourth-order valence-corrected chi connectivity index (χ4v) is 3.00. The maximum absolute atomic E-state index is 11.9. The molecule has 28 heavy (non-hydrogen) atoms. The van der Waals surface area contributed by atoms with E-state index >= 15 is 0 Å². The average molecular weight is 384 g/mol. The van der Waals surface area contributed by atoms with Gasteiger partial charge < -0.3 is 13.8 Å². The number of ether oxygens (including phenoxy) is 1. The molecule has 7 nitrogen and oxygen atoms in total. The Morgan fingerprint density at radius 2 is 1.96 bits per heavy atom. The predicted molar refractivity (Wildman–Crippen MR) is 106 cm³/mol. The van der Waals surface area contributed by atoms with E-state index in [0.29, 0.717) is 37.6 Å². The number of para-hydroxylation sites is 2. The van der Waals surface area contributed by atoms with Crippen molar-refractivity contribution in [3.8, 4) is 0 Å². The van der Waals surface area contributed by atoms with Crippen molar-refractivity contribution in [1.82, 2.24) is 19.7 Å². The van der Waals surface area contributed by atoms with Gasteiger partial charge in [0, 0.05) is 24.8 Å². The van der Waals surface area contributed by atoms with Gasteiger partial charge in [-0.3, -0.25) is 4.79 Å². The Hall–Kier alpha value is -2.70. The first-order valence-electron chi connectivity index (χ1n) is 9.75. The molecular weight excluding hydrogens is 356 g/mol. The molecule has 0 aliphatic heterocycles. The molecule has 0 spiro atoms. The number of hydrogen-bond acceptors (Lipinski definition) is 6. The fraction of sp³-hybridized carbons (Fsp3) is 0.524. The molecule has 0 radical (unpaired) electrons. The third-order valence-corrected chi connectivity index (χ3v) is 4.54. The van der Waals surface area contributed by atoms with Crippen LogP contribution in [0.25, 0.3) is 11.0 Å². The van der Waals surface area contributed by atoms with Crippen LogP contribution in [0.4, 0.5) is 0 Å². The van der Waals surface area contributed by atoms with Gasteiger partial charge in [-0.15, -0.1) is 0 Å². The van der Waals surface area contributed by atoms with Gasteiger partial charge in [0.05, 0.1) is 17.6 Å². The van der Waals surface area contributed by atoms with E-state index in [0.717, 1.165) is 29.8 Å². The number of fused-ring (bicyclic) bond motifs is 1. The molecule has 0 fully saturated rings. The highest BCUT2D eigenvalue weighted by molar-refractivity contribution is 5.75. The Labute approximate surface area is 165 Å². The number of nitrogens with zero attached hydrogens (tertiary/aromatic N) is 4. The Morgan fingerprint density at radius 1 is 1.18 bits per heavy atom. The fourth-order valence-electron chi connectivity index (χ4n) is 3.00. The number of carbonyl (C=O) groups is 1. The normalized spacial score (nSPS) is 11.9. The van der Waals surface area contributed by atoms with E-state index in [1.54, 1.807) is 0 Å². The first kappa shape index (κ1) is 20.0. The number of carbonyl (C=O) groups excluding carboxylic acids is 1. The van der Waals surface area contributed by atoms with Gasteiger partial charge in [0.1, 0.15) is 5.82 Å². The minimum atomic E-state index is -0.192. The summed E-state index contributed by atoms with van der Waals surface area (Å²) >= 11 is 0. The standard InChI is InChI=1S/C21H28N4O3/c1-15-22-16-9-5-6-10-17(16)25(15)13-8-14-27-19(26)12-7-11-18-23-20(24-28-18)21(2,3)4/h5-6,9-10H,7-8,11-14H2,1-4H3. The summed E-state index contributed by atoms with van der Waals surface area (Å²) in [6.07, 6.45) is 2.32. The number of aromatic nitrogens is 4. The second kappa shape index (κ2) is 8.54. The first-order valence-corrected chi connectivity index (χ1v) is 9.75. The van der Waals surface area contributed by atoms with Crippen molar-refractivity contribution in [2.75, 3.05) is 6.61 Å². The van der Waals surface area contributed by atoms with Gasteiger partial charge in [-0.05, 0) is 31.9 Å². The Balaban J connectivity index is 1.37. The number of benzene rings is 1. The van der Waals surface area contributed by atoms with Crippen LogP contribution < -0.4 is 0 Å². The second-order valence-electron chi connectivity index (χ2n) is 7.99. The van der Waals surface area contributed by atoms with E-state index < -0.39 is 0 Å². The van der Waals surface area contributed by atoms with Crippen molar-refractivity contribution < 1.29 is 14.1 Å². The lowest BCUT2D eigenvalue weighted by atomic mass is 9.96. The molecule has 7 heteroatoms. The maximum Gasteiger partial charge on any atom is 0.305 e. The van der Waals surface area contributed by atoms with E-state index in [1.807, 2.05) is 45.9 Å². The molecule has 0 atom stereocenters. The summed E-state index contributed by atoms with van der Waals surface area (Å²) in [4.78, 5) is 20.9. The highest BCUT2D eigenvalue weighted by atomic mass is 16.5. The number of esters is 1. The molecular formula is C21H28N4O3. The molecule has 0 aliphatic rings. The van der Waals surface area contributed by atoms with Crippen molar-refractivity contribution in [1.29, 1.82) is 0 Å². The number of aryl methyl sites for hydroxylation is 3. The quantitative estimate of drug-likeness (QED) is 0.431. The van der Waals surface area contributed by atoms with Crippen LogP contribution in [0.3, 0.4) is 0 Å². The number of hydrogen-bond donors (Lipinski definition) is 0. The molecule has 3 aromatic rings. The van der Waals surface area contributed by atoms with Crippen LogP contribution in [0, 0.1) is 6.92 Å². The van der Waals surface area contributed by atoms with Crippen LogP contribution in [0.1, 0.15) is 57.6 Å². The Bertz CT molecular complexity index is 937. The number of imidazole rings is 1. The summed E-state index contributed by atoms with van der Waals surface area (Å²) in [7, 11) is 0. The summed E-state index contributed by atoms with van der Waals surface area (Å²) in [5, 5.41) is 3.99. The third-order valence-electron chi connectivity index (χ3n) is 4.54. The van der Waals surface area contributed by atoms with Gasteiger partial charge >= 0.3 is 5.97 Å². The lowest BCUT2D eigenvalue weighted by Gasteiger charge is -2.10. The van der Waals surface area contributed by atoms with Crippen molar-refractivity contribution in [2.24, 2.45) is 0 Å². The van der Waals surface area contributed by atoms with E-state index in [1.165, 1.54) is 0 Å². The molecule has 0 unspecified atom stereocenters. The molecule has 2 heterocycles. The molecule has 0 aliphatic carbocycles. The van der Waals surface area contributed by atoms with Crippen LogP contribution in [0.2, 0.25) is 0 Å². The van der Waals surface area contributed by atoms with Gasteiger partial charge in [0.2, 0.25) is 5.89 Å². The summed E-state index contributed by atoms with van der Waals surface area (Å²) < 4.78 is 12.7. The average Bonchev–Trinajstić information content (AvgIpc) is 3.23. The van der Waals surface area contributed by atoms with Crippen molar-refractivity contribution in [3.63, 3.8) is 0 Å². The summed E-state index contributed by atoms with van der Waals surface area (Å²) in [5.41, 5.74) is 1.97. The molecule has 3 rings (SSSR count). The largest absolute Gasteiger partial charge is 0.466 e. The molecule has 0 N–H and O–H groups in total. The van der Waals surface area contributed by atoms with Gasteiger partial charge in [0.15, 0.2) is 5.82 Å². The van der Waals surface area contributed by atoms with Gasteiger partial charge in [-0.2, -0.15) is 4.98 Å². The van der Waals surface area contributed by atoms with Crippen LogP contribution in [0.5, 0.6) is 0 Å². The highest BCUT2D eigenvalue weighted by Crippen LogP contribution is 2.19. The van der Waals surface area contributed by atoms with Crippen molar-refractivity contribution >= 4 is 17.0 Å². The molecule has 2 aromatic heterocycles. The van der Waals surface area contributed by atoms with Gasteiger partial charge in [-0.25, -0.2) is 4.98 Å². The van der Waals surface area contributed by atoms with E-state index in [2.05, 4.69) is 25.8 Å². The van der Waals surface area contributed by atoms with Crippen LogP contribution in [-0.2, 0) is 27.9 Å². The summed E-state index contributed by atoms with van der Waals surface area (Å²) in [5.74, 6) is 2.04. The highest BCUT2D eigenvalue weighted by Gasteiger charge is 2.20. The lowest BCUT2D eigenvalue weighted by Crippen LogP contribution is -2.13. The zero-order valence-electron chi connectivity index (χ0n) is 17.1. The maximum atomic E-state index is 11.9. The molecule has 150 valence electrons. The van der Waals surface area contributed by atoms with Crippen LogP contribution >= 0.6 is 0 Å². The lowest BCUT2D eigenvalue weighted by molar-refractivity contribution is -0.143. The Morgan fingerprint density at radius 3 is 2.71 bits per heavy atom. The van der Waals surface area contributed by atoms with Crippen molar-refractivity contribution in [3.05, 3.63) is 41.8 Å². The molecule has 0 saturated heterocycles. The second-order valence-corrected chi connectivity index (χ2v) is 7.99. The SMILES string of the molecule is Cc1nc2ccccc2n1CCCOC(=O)CCCc1nc(C(C)(C)C)no1. The molecule has 0 amide bonds. The monoisotopic (exact) mass is 384 g/mol. The van der Waals surface area contributed by atoms with E-state index in [9.17, 15) is 4.79 Å². The molecule has 1 aromatic carbocycles. The van der Waals surface area contributed by atoms with Gasteiger partial charge in [-0.1, -0.05) is 38.1 Å². The van der Waals surface area contributed by atoms with Gasteiger partial charge in [0.25, 0.3) is 0 Å². The molecule has 0 bridgehead atoms. The first-order chi connectivity index (χ1) is 13.3. The number of rotatable bonds is 8. The summed E-state index contributed by atoms with van der Waals surface area (Å²) in [6.45, 7) is 9.28. The zero-order chi connectivity index (χ0) is 20.1. The minimum Gasteiger partial charge on any atom is -0.466 e. The third kappa shape index (κ3) is 4.97. The minimum absolute atomic E-state index is 0.139. The molecule has 0 saturated carbocycles. The topological polar surface area (TPSA) is 83.0 Å². The Kier molecular flexibility index (Phi) is 6.11.